The van der Waals surface area contributed by atoms with Crippen molar-refractivity contribution in [2.75, 3.05) is 0 Å². The number of carbonyl (C=O) groups is 2. The van der Waals surface area contributed by atoms with Crippen LogP contribution >= 0.6 is 0 Å². The van der Waals surface area contributed by atoms with Gasteiger partial charge in [-0.25, -0.2) is 19.1 Å². The van der Waals surface area contributed by atoms with Crippen molar-refractivity contribution in [2.24, 2.45) is 20.5 Å². The molecule has 0 unspecified atom stereocenters. The first-order valence-corrected chi connectivity index (χ1v) is 10.4. The van der Waals surface area contributed by atoms with Gasteiger partial charge in [-0.1, -0.05) is 19.3 Å². The average molecular weight is 454 g/mol. The lowest BCUT2D eigenvalue weighted by atomic mass is 9.91. The summed E-state index contributed by atoms with van der Waals surface area (Å²) in [6, 6.07) is 0. The van der Waals surface area contributed by atoms with Crippen LogP contribution in [-0.4, -0.2) is 52.8 Å². The number of fused-ring (bicyclic) bond motifs is 2. The average Bonchev–Trinajstić information content (AvgIpc) is 3.47. The summed E-state index contributed by atoms with van der Waals surface area (Å²) in [4.78, 5) is 32.7. The maximum absolute atomic E-state index is 12.2. The zero-order valence-electron chi connectivity index (χ0n) is 18.0. The molecule has 0 fully saturated rings. The van der Waals surface area contributed by atoms with Crippen molar-refractivity contribution in [2.45, 2.75) is 57.8 Å². The lowest BCUT2D eigenvalue weighted by Gasteiger charge is -2.14. The number of hydrogen-bond acceptors (Lipinski definition) is 10. The Hall–Kier alpha value is -4.10. The number of imidazole rings is 2. The Morgan fingerprint density at radius 3 is 1.48 bits per heavy atom. The molecule has 14 nitrogen and oxygen atoms in total. The van der Waals surface area contributed by atoms with Crippen LogP contribution in [0.4, 0.5) is 11.9 Å². The van der Waals surface area contributed by atoms with Crippen molar-refractivity contribution in [1.82, 2.24) is 19.1 Å². The highest BCUT2D eigenvalue weighted by atomic mass is 16.3. The molecule has 0 aliphatic carbocycles. The second-order valence-corrected chi connectivity index (χ2v) is 7.92. The molecular formula is C19H22N10O4. The lowest BCUT2D eigenvalue weighted by molar-refractivity contribution is -0.119. The number of Topliss-reactive ketones (excluding diaryl/α,β-unsaturated/α-hetero) is 2. The monoisotopic (exact) mass is 454 g/mol. The van der Waals surface area contributed by atoms with Crippen molar-refractivity contribution in [1.29, 1.82) is 10.8 Å². The summed E-state index contributed by atoms with van der Waals surface area (Å²) in [7, 11) is 0. The van der Waals surface area contributed by atoms with Gasteiger partial charge in [0.15, 0.2) is 0 Å². The van der Waals surface area contributed by atoms with Crippen molar-refractivity contribution < 1.29 is 19.8 Å². The molecule has 2 aromatic rings. The lowest BCUT2D eigenvalue weighted by Crippen LogP contribution is -2.12. The molecule has 2 aliphatic rings. The molecule has 14 heteroatoms. The van der Waals surface area contributed by atoms with E-state index in [4.69, 9.17) is 10.8 Å². The van der Waals surface area contributed by atoms with Crippen LogP contribution in [0.3, 0.4) is 0 Å². The van der Waals surface area contributed by atoms with Gasteiger partial charge in [-0.2, -0.15) is 0 Å². The van der Waals surface area contributed by atoms with E-state index in [-0.39, 0.29) is 58.5 Å². The number of nitrogens with one attached hydrogen (secondary N) is 2. The third kappa shape index (κ3) is 3.83. The Kier molecular flexibility index (Phi) is 5.66. The van der Waals surface area contributed by atoms with Crippen LogP contribution in [0.5, 0.6) is 11.8 Å². The van der Waals surface area contributed by atoms with E-state index < -0.39 is 11.8 Å². The molecule has 0 aromatic carbocycles. The Bertz CT molecular complexity index is 1140. The molecule has 0 bridgehead atoms. The van der Waals surface area contributed by atoms with Gasteiger partial charge in [0.25, 0.3) is 23.8 Å². The number of nitrogens with zero attached hydrogens (tertiary/aromatic N) is 8. The first-order valence-electron chi connectivity index (χ1n) is 10.4. The number of ketones is 2. The largest absolute Gasteiger partial charge is 0.493 e. The summed E-state index contributed by atoms with van der Waals surface area (Å²) in [5, 5.41) is 50.6. The second-order valence-electron chi connectivity index (χ2n) is 7.92. The minimum Gasteiger partial charge on any atom is -0.493 e. The van der Waals surface area contributed by atoms with Gasteiger partial charge in [-0.3, -0.25) is 20.4 Å². The van der Waals surface area contributed by atoms with E-state index >= 15 is 0 Å². The van der Waals surface area contributed by atoms with Crippen molar-refractivity contribution in [3.05, 3.63) is 11.4 Å². The molecule has 0 saturated heterocycles. The number of rotatable bonds is 10. The summed E-state index contributed by atoms with van der Waals surface area (Å²) in [6.07, 6.45) is 2.79. The van der Waals surface area contributed by atoms with Crippen LogP contribution in [0.2, 0.25) is 0 Å². The number of aromatic nitrogens is 4. The van der Waals surface area contributed by atoms with Gasteiger partial charge in [0.2, 0.25) is 11.8 Å². The Morgan fingerprint density at radius 1 is 0.758 bits per heavy atom. The predicted octanol–water partition coefficient (Wildman–Crippen LogP) is 3.25. The van der Waals surface area contributed by atoms with E-state index in [1.165, 1.54) is 13.8 Å². The van der Waals surface area contributed by atoms with Crippen molar-refractivity contribution in [3.8, 4) is 11.8 Å². The van der Waals surface area contributed by atoms with Crippen LogP contribution in [-0.2, 0) is 9.59 Å². The molecule has 33 heavy (non-hydrogen) atoms. The fourth-order valence-electron chi connectivity index (χ4n) is 4.04. The molecule has 2 aromatic heterocycles. The molecule has 4 rings (SSSR count). The Morgan fingerprint density at radius 2 is 1.15 bits per heavy atom. The van der Waals surface area contributed by atoms with E-state index in [0.717, 1.165) is 9.13 Å². The summed E-state index contributed by atoms with van der Waals surface area (Å²) < 4.78 is 2.16. The van der Waals surface area contributed by atoms with Gasteiger partial charge in [0.1, 0.15) is 23.0 Å². The fourth-order valence-corrected chi connectivity index (χ4v) is 4.04. The molecule has 172 valence electrons. The molecule has 0 amide bonds. The highest BCUT2D eigenvalue weighted by molar-refractivity contribution is 5.89. The van der Waals surface area contributed by atoms with E-state index in [2.05, 4.69) is 30.4 Å². The summed E-state index contributed by atoms with van der Waals surface area (Å²) in [6.45, 7) is 2.84. The maximum atomic E-state index is 12.2. The van der Waals surface area contributed by atoms with Crippen molar-refractivity contribution >= 4 is 35.4 Å². The van der Waals surface area contributed by atoms with E-state index in [1.54, 1.807) is 0 Å². The van der Waals surface area contributed by atoms with E-state index in [0.29, 0.717) is 32.1 Å². The van der Waals surface area contributed by atoms with Crippen LogP contribution < -0.4 is 0 Å². The molecule has 4 heterocycles. The van der Waals surface area contributed by atoms with Crippen LogP contribution in [0.25, 0.3) is 0 Å². The smallest absolute Gasteiger partial charge is 0.259 e. The van der Waals surface area contributed by atoms with Gasteiger partial charge < -0.3 is 10.2 Å². The Balaban J connectivity index is 1.37. The predicted molar refractivity (Wildman–Crippen MR) is 113 cm³/mol. The first-order chi connectivity index (χ1) is 15.7. The minimum absolute atomic E-state index is 0.0717. The number of hydrogen-bond donors (Lipinski definition) is 4. The molecule has 0 saturated carbocycles. The molecule has 2 atom stereocenters. The van der Waals surface area contributed by atoms with Gasteiger partial charge in [0.05, 0.1) is 11.8 Å². The molecule has 0 radical (unpaired) electrons. The number of carbonyl (C=O) groups excluding carboxylic acids is 2. The number of aromatic hydroxyl groups is 2. The minimum atomic E-state index is -0.647. The third-order valence-corrected chi connectivity index (χ3v) is 5.74. The SMILES string of the molecule is CC(=O)[C@@H](CCCCC[C@H](C(C)=O)c1nc2n(c1O)C(=N)N=N2)c1nc2n(c1O)C(=N)N=N2. The van der Waals surface area contributed by atoms with Gasteiger partial charge in [0, 0.05) is 0 Å². The quantitative estimate of drug-likeness (QED) is 0.396. The first kappa shape index (κ1) is 22.1. The van der Waals surface area contributed by atoms with Crippen LogP contribution in [0.1, 0.15) is 69.2 Å². The van der Waals surface area contributed by atoms with Crippen LogP contribution in [0, 0.1) is 10.8 Å². The summed E-state index contributed by atoms with van der Waals surface area (Å²) in [5.41, 5.74) is 0.355. The highest BCUT2D eigenvalue weighted by Gasteiger charge is 2.32. The second kappa shape index (κ2) is 8.44. The fraction of sp³-hybridized carbons (Fsp3) is 0.474. The highest BCUT2D eigenvalue weighted by Crippen LogP contribution is 2.38. The van der Waals surface area contributed by atoms with Gasteiger partial charge >= 0.3 is 0 Å². The molecular weight excluding hydrogens is 432 g/mol. The standard InChI is InChI=1S/C19H22N10O4/c1-8(30)10(12-14(32)28-16(20)24-26-18(28)22-12)6-4-3-5-7-11(9(2)31)13-15(33)29-17(21)25-27-19(29)23-13/h10-11,20-21,32-33H,3-7H2,1-2H3/t10-,11-/m1/s1. The van der Waals surface area contributed by atoms with Crippen LogP contribution in [0.15, 0.2) is 20.5 Å². The topological polar surface area (TPSA) is 207 Å². The molecule has 4 N–H and O–H groups in total. The molecule has 0 spiro atoms. The van der Waals surface area contributed by atoms with Crippen molar-refractivity contribution in [3.63, 3.8) is 0 Å². The summed E-state index contributed by atoms with van der Waals surface area (Å²) >= 11 is 0. The summed E-state index contributed by atoms with van der Waals surface area (Å²) in [5.74, 6) is -2.61. The van der Waals surface area contributed by atoms with Gasteiger partial charge in [-0.05, 0) is 26.7 Å². The van der Waals surface area contributed by atoms with Gasteiger partial charge in [-0.15, -0.1) is 20.5 Å². The normalized spacial score (nSPS) is 15.7. The molecule has 2 aliphatic heterocycles. The van der Waals surface area contributed by atoms with E-state index in [1.807, 2.05) is 0 Å². The Labute approximate surface area is 187 Å². The third-order valence-electron chi connectivity index (χ3n) is 5.74. The number of azo groups is 2. The van der Waals surface area contributed by atoms with E-state index in [9.17, 15) is 19.8 Å². The number of unbranched alkanes of at least 4 members (excludes halogenated alkanes) is 2. The zero-order chi connectivity index (χ0) is 23.9. The maximum Gasteiger partial charge on any atom is 0.259 e. The zero-order valence-corrected chi connectivity index (χ0v) is 18.0.